The first-order chi connectivity index (χ1) is 12.6. The molecule has 0 aliphatic rings. The van der Waals surface area contributed by atoms with Crippen molar-refractivity contribution in [3.8, 4) is 11.5 Å². The lowest BCUT2D eigenvalue weighted by Crippen LogP contribution is -2.30. The maximum absolute atomic E-state index is 6.30. The van der Waals surface area contributed by atoms with Crippen LogP contribution < -0.4 is 20.1 Å². The summed E-state index contributed by atoms with van der Waals surface area (Å²) in [6.45, 7) is 9.68. The van der Waals surface area contributed by atoms with Crippen LogP contribution in [0.15, 0.2) is 12.1 Å². The van der Waals surface area contributed by atoms with E-state index in [1.807, 2.05) is 6.07 Å². The molecule has 26 heavy (non-hydrogen) atoms. The minimum absolute atomic E-state index is 0.530. The fourth-order valence-electron chi connectivity index (χ4n) is 2.08. The van der Waals surface area contributed by atoms with Crippen molar-refractivity contribution in [2.24, 2.45) is 0 Å². The van der Waals surface area contributed by atoms with E-state index in [2.05, 4.69) is 31.4 Å². The highest BCUT2D eigenvalue weighted by Crippen LogP contribution is 2.36. The Morgan fingerprint density at radius 1 is 0.962 bits per heavy atom. The number of rotatable bonds is 13. The fraction of sp³-hybridized carbons (Fsp3) is 0.632. The Balaban J connectivity index is 2.66. The van der Waals surface area contributed by atoms with Crippen molar-refractivity contribution in [2.45, 2.75) is 46.5 Å². The van der Waals surface area contributed by atoms with Gasteiger partial charge in [0.1, 0.15) is 11.5 Å². The van der Waals surface area contributed by atoms with Crippen LogP contribution in [0, 0.1) is 0 Å². The number of nitrogens with one attached hydrogen (secondary N) is 2. The predicted molar refractivity (Wildman–Crippen MR) is 113 cm³/mol. The number of anilines is 1. The van der Waals surface area contributed by atoms with Crippen LogP contribution in [0.5, 0.6) is 11.5 Å². The Bertz CT molecular complexity index is 544. The molecule has 0 radical (unpaired) electrons. The van der Waals surface area contributed by atoms with Crippen LogP contribution in [-0.2, 0) is 4.74 Å². The second kappa shape index (κ2) is 13.9. The lowest BCUT2D eigenvalue weighted by Gasteiger charge is -2.17. The number of hydrogen-bond acceptors (Lipinski definition) is 4. The number of halogens is 1. The van der Waals surface area contributed by atoms with Gasteiger partial charge in [-0.1, -0.05) is 32.4 Å². The number of thiocarbonyl (C=S) groups is 1. The summed E-state index contributed by atoms with van der Waals surface area (Å²) >= 11 is 11.7. The molecule has 0 heterocycles. The molecule has 0 aliphatic heterocycles. The van der Waals surface area contributed by atoms with Crippen LogP contribution in [0.25, 0.3) is 0 Å². The largest absolute Gasteiger partial charge is 0.492 e. The molecule has 0 aliphatic carbocycles. The highest BCUT2D eigenvalue weighted by molar-refractivity contribution is 7.80. The average Bonchev–Trinajstić information content (AvgIpc) is 2.63. The number of hydrogen-bond donors (Lipinski definition) is 2. The van der Waals surface area contributed by atoms with Crippen molar-refractivity contribution >= 4 is 34.6 Å². The number of benzene rings is 1. The highest BCUT2D eigenvalue weighted by atomic mass is 35.5. The maximum atomic E-state index is 6.30. The SMILES string of the molecule is CCCOCCCNC(=S)Nc1cc(OCCC)c(Cl)cc1OCCC. The molecular weight excluding hydrogens is 372 g/mol. The number of ether oxygens (including phenoxy) is 3. The second-order valence-corrected chi connectivity index (χ2v) is 6.64. The topological polar surface area (TPSA) is 51.8 Å². The minimum atomic E-state index is 0.530. The van der Waals surface area contributed by atoms with Crippen LogP contribution in [0.1, 0.15) is 46.5 Å². The summed E-state index contributed by atoms with van der Waals surface area (Å²) < 4.78 is 16.9. The Labute approximate surface area is 167 Å². The van der Waals surface area contributed by atoms with Crippen molar-refractivity contribution in [1.82, 2.24) is 5.32 Å². The zero-order chi connectivity index (χ0) is 19.2. The predicted octanol–water partition coefficient (Wildman–Crippen LogP) is 5.02. The van der Waals surface area contributed by atoms with Crippen LogP contribution >= 0.6 is 23.8 Å². The highest BCUT2D eigenvalue weighted by Gasteiger charge is 2.12. The standard InChI is InChI=1S/C19H31ClN2O3S/c1-4-9-23-12-7-8-21-19(26)22-16-14-17(24-10-5-2)15(20)13-18(16)25-11-6-3/h13-14H,4-12H2,1-3H3,(H2,21,22,26). The van der Waals surface area contributed by atoms with Gasteiger partial charge in [0.25, 0.3) is 0 Å². The van der Waals surface area contributed by atoms with E-state index in [0.29, 0.717) is 34.8 Å². The van der Waals surface area contributed by atoms with Crippen LogP contribution in [-0.4, -0.2) is 38.1 Å². The summed E-state index contributed by atoms with van der Waals surface area (Å²) in [4.78, 5) is 0. The van der Waals surface area contributed by atoms with Gasteiger partial charge in [0.2, 0.25) is 0 Å². The Hall–Kier alpha value is -1.24. The van der Waals surface area contributed by atoms with Gasteiger partial charge in [-0.05, 0) is 37.9 Å². The van der Waals surface area contributed by atoms with Gasteiger partial charge in [-0.25, -0.2) is 0 Å². The van der Waals surface area contributed by atoms with Crippen molar-refractivity contribution in [3.63, 3.8) is 0 Å². The molecule has 1 aromatic carbocycles. The summed E-state index contributed by atoms with van der Waals surface area (Å²) in [6.07, 6.45) is 3.75. The molecule has 0 bridgehead atoms. The molecule has 1 rings (SSSR count). The van der Waals surface area contributed by atoms with Crippen molar-refractivity contribution < 1.29 is 14.2 Å². The van der Waals surface area contributed by atoms with Gasteiger partial charge in [0.15, 0.2) is 5.11 Å². The summed E-state index contributed by atoms with van der Waals surface area (Å²) in [6, 6.07) is 3.60. The van der Waals surface area contributed by atoms with Gasteiger partial charge in [-0.3, -0.25) is 0 Å². The first kappa shape index (κ1) is 22.8. The van der Waals surface area contributed by atoms with E-state index in [1.54, 1.807) is 6.07 Å². The monoisotopic (exact) mass is 402 g/mol. The van der Waals surface area contributed by atoms with Gasteiger partial charge in [0.05, 0.1) is 23.9 Å². The molecule has 0 amide bonds. The third-order valence-corrected chi connectivity index (χ3v) is 3.85. The van der Waals surface area contributed by atoms with E-state index in [1.165, 1.54) is 0 Å². The smallest absolute Gasteiger partial charge is 0.170 e. The molecule has 2 N–H and O–H groups in total. The maximum Gasteiger partial charge on any atom is 0.170 e. The average molecular weight is 403 g/mol. The molecule has 5 nitrogen and oxygen atoms in total. The third-order valence-electron chi connectivity index (χ3n) is 3.31. The summed E-state index contributed by atoms with van der Waals surface area (Å²) in [7, 11) is 0. The Kier molecular flexibility index (Phi) is 12.2. The Morgan fingerprint density at radius 2 is 1.62 bits per heavy atom. The first-order valence-electron chi connectivity index (χ1n) is 9.34. The van der Waals surface area contributed by atoms with E-state index in [4.69, 9.17) is 38.0 Å². The van der Waals surface area contributed by atoms with Crippen LogP contribution in [0.2, 0.25) is 5.02 Å². The van der Waals surface area contributed by atoms with Crippen LogP contribution in [0.4, 0.5) is 5.69 Å². The molecule has 0 unspecified atom stereocenters. The van der Waals surface area contributed by atoms with E-state index in [0.717, 1.165) is 51.1 Å². The minimum Gasteiger partial charge on any atom is -0.492 e. The van der Waals surface area contributed by atoms with Crippen molar-refractivity contribution in [3.05, 3.63) is 17.2 Å². The molecule has 0 atom stereocenters. The van der Waals surface area contributed by atoms with Crippen molar-refractivity contribution in [2.75, 3.05) is 38.3 Å². The van der Waals surface area contributed by atoms with E-state index in [-0.39, 0.29) is 0 Å². The molecular formula is C19H31ClN2O3S. The molecule has 148 valence electrons. The molecule has 0 aromatic heterocycles. The van der Waals surface area contributed by atoms with Gasteiger partial charge in [0, 0.05) is 31.9 Å². The summed E-state index contributed by atoms with van der Waals surface area (Å²) in [5.74, 6) is 1.28. The lowest BCUT2D eigenvalue weighted by molar-refractivity contribution is 0.133. The normalized spacial score (nSPS) is 10.5. The van der Waals surface area contributed by atoms with Crippen molar-refractivity contribution in [1.29, 1.82) is 0 Å². The first-order valence-corrected chi connectivity index (χ1v) is 10.1. The van der Waals surface area contributed by atoms with Gasteiger partial charge < -0.3 is 24.8 Å². The lowest BCUT2D eigenvalue weighted by atomic mass is 10.2. The fourth-order valence-corrected chi connectivity index (χ4v) is 2.50. The van der Waals surface area contributed by atoms with E-state index < -0.39 is 0 Å². The zero-order valence-corrected chi connectivity index (χ0v) is 17.6. The van der Waals surface area contributed by atoms with E-state index in [9.17, 15) is 0 Å². The molecule has 7 heteroatoms. The molecule has 0 fully saturated rings. The second-order valence-electron chi connectivity index (χ2n) is 5.82. The van der Waals surface area contributed by atoms with Crippen LogP contribution in [0.3, 0.4) is 0 Å². The van der Waals surface area contributed by atoms with Gasteiger partial charge in [-0.2, -0.15) is 0 Å². The molecule has 0 saturated heterocycles. The molecule has 0 spiro atoms. The van der Waals surface area contributed by atoms with Gasteiger partial charge >= 0.3 is 0 Å². The zero-order valence-electron chi connectivity index (χ0n) is 16.0. The molecule has 0 saturated carbocycles. The summed E-state index contributed by atoms with van der Waals surface area (Å²) in [5.41, 5.74) is 0.744. The van der Waals surface area contributed by atoms with E-state index >= 15 is 0 Å². The van der Waals surface area contributed by atoms with Gasteiger partial charge in [-0.15, -0.1) is 0 Å². The quantitative estimate of drug-likeness (QED) is 0.357. The Morgan fingerprint density at radius 3 is 2.27 bits per heavy atom. The third kappa shape index (κ3) is 8.92. The molecule has 1 aromatic rings. The summed E-state index contributed by atoms with van der Waals surface area (Å²) in [5, 5.41) is 7.42.